The van der Waals surface area contributed by atoms with Crippen LogP contribution in [0.5, 0.6) is 5.75 Å². The Labute approximate surface area is 75.6 Å². The van der Waals surface area contributed by atoms with Crippen LogP contribution in [0.1, 0.15) is 0 Å². The maximum absolute atomic E-state index is 9.58. The van der Waals surface area contributed by atoms with Gasteiger partial charge >= 0.3 is 0 Å². The molecule has 0 heterocycles. The minimum atomic E-state index is 0.123. The molecule has 0 spiro atoms. The average molecular weight is 174 g/mol. The van der Waals surface area contributed by atoms with Crippen molar-refractivity contribution in [2.75, 3.05) is 11.5 Å². The summed E-state index contributed by atoms with van der Waals surface area (Å²) >= 11 is 0. The van der Waals surface area contributed by atoms with Gasteiger partial charge in [0, 0.05) is 11.1 Å². The number of fused-ring (bicyclic) bond motifs is 1. The zero-order valence-corrected chi connectivity index (χ0v) is 6.99. The van der Waals surface area contributed by atoms with Crippen molar-refractivity contribution in [2.45, 2.75) is 0 Å². The highest BCUT2D eigenvalue weighted by Crippen LogP contribution is 2.31. The van der Waals surface area contributed by atoms with Gasteiger partial charge in [-0.1, -0.05) is 6.07 Å². The van der Waals surface area contributed by atoms with E-state index in [0.717, 1.165) is 10.8 Å². The molecule has 0 aliphatic heterocycles. The molecule has 2 aromatic rings. The minimum absolute atomic E-state index is 0.123. The fraction of sp³-hybridized carbons (Fsp3) is 0. The van der Waals surface area contributed by atoms with Crippen LogP contribution in [-0.4, -0.2) is 5.11 Å². The van der Waals surface area contributed by atoms with E-state index in [1.807, 2.05) is 6.07 Å². The molecule has 66 valence electrons. The van der Waals surface area contributed by atoms with Crippen LogP contribution in [-0.2, 0) is 0 Å². The predicted octanol–water partition coefficient (Wildman–Crippen LogP) is 1.71. The number of phenolic OH excluding ortho intramolecular Hbond substituents is 1. The second-order valence-corrected chi connectivity index (χ2v) is 2.98. The molecule has 2 rings (SSSR count). The summed E-state index contributed by atoms with van der Waals surface area (Å²) in [5, 5.41) is 11.2. The van der Waals surface area contributed by atoms with E-state index in [2.05, 4.69) is 0 Å². The van der Waals surface area contributed by atoms with Crippen molar-refractivity contribution < 1.29 is 5.11 Å². The van der Waals surface area contributed by atoms with Crippen molar-refractivity contribution in [3.8, 4) is 5.75 Å². The molecule has 3 nitrogen and oxygen atoms in total. The fourth-order valence-electron chi connectivity index (χ4n) is 1.35. The van der Waals surface area contributed by atoms with Crippen LogP contribution >= 0.6 is 0 Å². The van der Waals surface area contributed by atoms with E-state index in [0.29, 0.717) is 11.4 Å². The minimum Gasteiger partial charge on any atom is -0.505 e. The second kappa shape index (κ2) is 2.55. The molecule has 5 N–H and O–H groups in total. The highest BCUT2D eigenvalue weighted by atomic mass is 16.3. The van der Waals surface area contributed by atoms with Crippen molar-refractivity contribution >= 4 is 22.1 Å². The first-order valence-corrected chi connectivity index (χ1v) is 3.95. The molecule has 0 amide bonds. The first-order chi connectivity index (χ1) is 6.18. The quantitative estimate of drug-likeness (QED) is 0.420. The topological polar surface area (TPSA) is 72.3 Å². The lowest BCUT2D eigenvalue weighted by Crippen LogP contribution is -1.88. The number of benzene rings is 2. The summed E-state index contributed by atoms with van der Waals surface area (Å²) in [6.45, 7) is 0. The molecular formula is C10H10N2O. The number of rotatable bonds is 0. The molecule has 0 saturated heterocycles. The van der Waals surface area contributed by atoms with Crippen molar-refractivity contribution in [3.05, 3.63) is 30.3 Å². The largest absolute Gasteiger partial charge is 0.505 e. The summed E-state index contributed by atoms with van der Waals surface area (Å²) in [7, 11) is 0. The van der Waals surface area contributed by atoms with Crippen LogP contribution in [0.25, 0.3) is 10.8 Å². The van der Waals surface area contributed by atoms with Gasteiger partial charge in [-0.2, -0.15) is 0 Å². The SMILES string of the molecule is Nc1ccc2c(O)c(N)ccc2c1. The number of phenols is 1. The van der Waals surface area contributed by atoms with Crippen LogP contribution < -0.4 is 11.5 Å². The Morgan fingerprint density at radius 1 is 1.00 bits per heavy atom. The van der Waals surface area contributed by atoms with Crippen LogP contribution in [0.15, 0.2) is 30.3 Å². The van der Waals surface area contributed by atoms with Gasteiger partial charge in [0.2, 0.25) is 0 Å². The Kier molecular flexibility index (Phi) is 1.52. The molecular weight excluding hydrogens is 164 g/mol. The molecule has 13 heavy (non-hydrogen) atoms. The standard InChI is InChI=1S/C10H10N2O/c11-7-2-3-8-6(5-7)1-4-9(12)10(8)13/h1-5,13H,11-12H2. The van der Waals surface area contributed by atoms with E-state index >= 15 is 0 Å². The van der Waals surface area contributed by atoms with Gasteiger partial charge in [0.15, 0.2) is 0 Å². The molecule has 0 radical (unpaired) electrons. The predicted molar refractivity (Wildman–Crippen MR) is 54.4 cm³/mol. The number of aromatic hydroxyl groups is 1. The van der Waals surface area contributed by atoms with Gasteiger partial charge in [-0.3, -0.25) is 0 Å². The molecule has 0 saturated carbocycles. The van der Waals surface area contributed by atoms with E-state index in [1.54, 1.807) is 24.3 Å². The molecule has 0 aromatic heterocycles. The Hall–Kier alpha value is -1.90. The molecule has 2 aromatic carbocycles. The maximum atomic E-state index is 9.58. The lowest BCUT2D eigenvalue weighted by molar-refractivity contribution is 0.484. The van der Waals surface area contributed by atoms with Gasteiger partial charge in [0.1, 0.15) is 5.75 Å². The van der Waals surface area contributed by atoms with E-state index in [-0.39, 0.29) is 5.75 Å². The summed E-state index contributed by atoms with van der Waals surface area (Å²) in [6.07, 6.45) is 0. The van der Waals surface area contributed by atoms with Gasteiger partial charge in [-0.05, 0) is 29.7 Å². The average Bonchev–Trinajstić information content (AvgIpc) is 2.12. The first-order valence-electron chi connectivity index (χ1n) is 3.95. The van der Waals surface area contributed by atoms with Crippen LogP contribution in [0.4, 0.5) is 11.4 Å². The second-order valence-electron chi connectivity index (χ2n) is 2.98. The maximum Gasteiger partial charge on any atom is 0.146 e. The summed E-state index contributed by atoms with van der Waals surface area (Å²) in [6, 6.07) is 8.80. The van der Waals surface area contributed by atoms with Crippen molar-refractivity contribution in [1.82, 2.24) is 0 Å². The smallest absolute Gasteiger partial charge is 0.146 e. The van der Waals surface area contributed by atoms with Crippen LogP contribution in [0.2, 0.25) is 0 Å². The van der Waals surface area contributed by atoms with Gasteiger partial charge < -0.3 is 16.6 Å². The van der Waals surface area contributed by atoms with E-state index in [1.165, 1.54) is 0 Å². The van der Waals surface area contributed by atoms with Gasteiger partial charge in [0.25, 0.3) is 0 Å². The highest BCUT2D eigenvalue weighted by molar-refractivity contribution is 5.94. The first kappa shape index (κ1) is 7.73. The third-order valence-corrected chi connectivity index (χ3v) is 2.05. The van der Waals surface area contributed by atoms with Crippen molar-refractivity contribution in [1.29, 1.82) is 0 Å². The number of hydrogen-bond acceptors (Lipinski definition) is 3. The number of nitrogens with two attached hydrogens (primary N) is 2. The third-order valence-electron chi connectivity index (χ3n) is 2.05. The molecule has 0 fully saturated rings. The van der Waals surface area contributed by atoms with E-state index in [9.17, 15) is 5.11 Å². The van der Waals surface area contributed by atoms with Gasteiger partial charge in [-0.15, -0.1) is 0 Å². The molecule has 0 unspecified atom stereocenters. The van der Waals surface area contributed by atoms with Crippen molar-refractivity contribution in [2.24, 2.45) is 0 Å². The van der Waals surface area contributed by atoms with E-state index < -0.39 is 0 Å². The number of nitrogen functional groups attached to an aromatic ring is 2. The third kappa shape index (κ3) is 1.14. The van der Waals surface area contributed by atoms with Gasteiger partial charge in [-0.25, -0.2) is 0 Å². The lowest BCUT2D eigenvalue weighted by atomic mass is 10.1. The Morgan fingerprint density at radius 3 is 2.54 bits per heavy atom. The summed E-state index contributed by atoms with van der Waals surface area (Å²) in [5.74, 6) is 0.123. The fourth-order valence-corrected chi connectivity index (χ4v) is 1.35. The molecule has 0 bridgehead atoms. The molecule has 0 aliphatic carbocycles. The Bertz CT molecular complexity index is 466. The Morgan fingerprint density at radius 2 is 1.77 bits per heavy atom. The zero-order chi connectivity index (χ0) is 9.42. The molecule has 0 atom stereocenters. The lowest BCUT2D eigenvalue weighted by Gasteiger charge is -2.04. The van der Waals surface area contributed by atoms with Crippen molar-refractivity contribution in [3.63, 3.8) is 0 Å². The number of hydrogen-bond donors (Lipinski definition) is 3. The van der Waals surface area contributed by atoms with Crippen LogP contribution in [0, 0.1) is 0 Å². The molecule has 0 aliphatic rings. The number of anilines is 2. The Balaban J connectivity index is 2.87. The highest BCUT2D eigenvalue weighted by Gasteiger charge is 2.02. The van der Waals surface area contributed by atoms with Crippen LogP contribution in [0.3, 0.4) is 0 Å². The summed E-state index contributed by atoms with van der Waals surface area (Å²) in [4.78, 5) is 0. The van der Waals surface area contributed by atoms with E-state index in [4.69, 9.17) is 11.5 Å². The summed E-state index contributed by atoms with van der Waals surface area (Å²) < 4.78 is 0. The zero-order valence-electron chi connectivity index (χ0n) is 6.99. The summed E-state index contributed by atoms with van der Waals surface area (Å²) in [5.41, 5.74) is 12.2. The molecule has 3 heteroatoms. The monoisotopic (exact) mass is 174 g/mol. The van der Waals surface area contributed by atoms with Gasteiger partial charge in [0.05, 0.1) is 5.69 Å². The normalized spacial score (nSPS) is 10.5.